The Morgan fingerprint density at radius 1 is 1.05 bits per heavy atom. The predicted molar refractivity (Wildman–Crippen MR) is 91.4 cm³/mol. The fourth-order valence-electron chi connectivity index (χ4n) is 2.38. The fraction of sp³-hybridized carbons (Fsp3) is 0.333. The maximum Gasteiger partial charge on any atom is 0.0482 e. The number of hydrogen-bond donors (Lipinski definition) is 1. The van der Waals surface area contributed by atoms with Gasteiger partial charge in [-0.2, -0.15) is 0 Å². The van der Waals surface area contributed by atoms with Crippen LogP contribution in [0.2, 0.25) is 0 Å². The highest BCUT2D eigenvalue weighted by molar-refractivity contribution is 7.99. The largest absolute Gasteiger partial charge is 0.383 e. The van der Waals surface area contributed by atoms with Gasteiger partial charge in [0.25, 0.3) is 0 Å². The Bertz CT molecular complexity index is 620. The Kier molecular flexibility index (Phi) is 4.51. The second-order valence-electron chi connectivity index (χ2n) is 5.64. The Balaban J connectivity index is 1.71. The smallest absolute Gasteiger partial charge is 0.0482 e. The molecule has 21 heavy (non-hydrogen) atoms. The first-order valence-electron chi connectivity index (χ1n) is 7.53. The Labute approximate surface area is 131 Å². The molecule has 0 atom stereocenters. The molecule has 1 saturated heterocycles. The quantitative estimate of drug-likeness (QED) is 0.805. The standard InChI is InChI=1S/C18H22N2S/c1-14-7-8-17(15(2)13-14)21-18-6-4-3-5-16(18)19-9-10-20-11-12-20/h3-8,13,19H,9-12H2,1-2H3. The summed E-state index contributed by atoms with van der Waals surface area (Å²) in [7, 11) is 0. The molecule has 0 bridgehead atoms. The van der Waals surface area contributed by atoms with E-state index in [-0.39, 0.29) is 0 Å². The molecule has 1 aliphatic rings. The monoisotopic (exact) mass is 298 g/mol. The summed E-state index contributed by atoms with van der Waals surface area (Å²) < 4.78 is 0. The lowest BCUT2D eigenvalue weighted by molar-refractivity contribution is 0.578. The molecule has 0 amide bonds. The van der Waals surface area contributed by atoms with Gasteiger partial charge in [-0.25, -0.2) is 0 Å². The molecule has 2 aromatic carbocycles. The topological polar surface area (TPSA) is 15.0 Å². The van der Waals surface area contributed by atoms with E-state index >= 15 is 0 Å². The van der Waals surface area contributed by atoms with Gasteiger partial charge in [0.05, 0.1) is 0 Å². The molecule has 1 N–H and O–H groups in total. The first-order valence-corrected chi connectivity index (χ1v) is 8.34. The third kappa shape index (κ3) is 4.02. The first-order chi connectivity index (χ1) is 10.2. The molecule has 3 heteroatoms. The van der Waals surface area contributed by atoms with Crippen LogP contribution < -0.4 is 5.32 Å². The van der Waals surface area contributed by atoms with Gasteiger partial charge in [0, 0.05) is 41.7 Å². The Morgan fingerprint density at radius 3 is 2.62 bits per heavy atom. The van der Waals surface area contributed by atoms with E-state index in [1.807, 2.05) is 11.8 Å². The van der Waals surface area contributed by atoms with Crippen molar-refractivity contribution in [2.45, 2.75) is 23.6 Å². The zero-order chi connectivity index (χ0) is 14.7. The number of aryl methyl sites for hydroxylation is 2. The first kappa shape index (κ1) is 14.5. The van der Waals surface area contributed by atoms with E-state index in [1.54, 1.807) is 0 Å². The molecule has 0 spiro atoms. The van der Waals surface area contributed by atoms with Crippen LogP contribution in [0, 0.1) is 13.8 Å². The molecular formula is C18H22N2S. The highest BCUT2D eigenvalue weighted by Crippen LogP contribution is 2.35. The van der Waals surface area contributed by atoms with E-state index in [4.69, 9.17) is 0 Å². The van der Waals surface area contributed by atoms with Gasteiger partial charge in [0.2, 0.25) is 0 Å². The van der Waals surface area contributed by atoms with Crippen molar-refractivity contribution in [3.8, 4) is 0 Å². The van der Waals surface area contributed by atoms with Crippen molar-refractivity contribution in [3.63, 3.8) is 0 Å². The van der Waals surface area contributed by atoms with Crippen molar-refractivity contribution in [3.05, 3.63) is 53.6 Å². The van der Waals surface area contributed by atoms with Crippen molar-refractivity contribution in [2.75, 3.05) is 31.5 Å². The van der Waals surface area contributed by atoms with E-state index in [2.05, 4.69) is 66.5 Å². The van der Waals surface area contributed by atoms with Crippen LogP contribution >= 0.6 is 11.8 Å². The average molecular weight is 298 g/mol. The molecule has 0 radical (unpaired) electrons. The lowest BCUT2D eigenvalue weighted by Gasteiger charge is -2.13. The third-order valence-corrected chi connectivity index (χ3v) is 4.97. The molecule has 1 fully saturated rings. The SMILES string of the molecule is Cc1ccc(Sc2ccccc2NCCN2CC2)c(C)c1. The number of benzene rings is 2. The summed E-state index contributed by atoms with van der Waals surface area (Å²) in [5, 5.41) is 3.57. The third-order valence-electron chi connectivity index (χ3n) is 3.72. The lowest BCUT2D eigenvalue weighted by Crippen LogP contribution is -2.13. The molecule has 2 nitrogen and oxygen atoms in total. The molecule has 3 rings (SSSR count). The van der Waals surface area contributed by atoms with Crippen molar-refractivity contribution in [2.24, 2.45) is 0 Å². The van der Waals surface area contributed by atoms with Crippen LogP contribution in [0.1, 0.15) is 11.1 Å². The van der Waals surface area contributed by atoms with E-state index in [1.165, 1.54) is 39.7 Å². The maximum atomic E-state index is 3.57. The van der Waals surface area contributed by atoms with E-state index in [0.717, 1.165) is 13.1 Å². The van der Waals surface area contributed by atoms with Gasteiger partial charge in [0.15, 0.2) is 0 Å². The van der Waals surface area contributed by atoms with Crippen LogP contribution in [-0.2, 0) is 0 Å². The molecule has 0 saturated carbocycles. The zero-order valence-electron chi connectivity index (χ0n) is 12.7. The minimum absolute atomic E-state index is 1.02. The van der Waals surface area contributed by atoms with Crippen LogP contribution in [-0.4, -0.2) is 31.1 Å². The predicted octanol–water partition coefficient (Wildman–Crippen LogP) is 4.18. The van der Waals surface area contributed by atoms with Gasteiger partial charge in [-0.15, -0.1) is 0 Å². The maximum absolute atomic E-state index is 3.57. The Hall–Kier alpha value is -1.45. The van der Waals surface area contributed by atoms with Crippen LogP contribution in [0.4, 0.5) is 5.69 Å². The van der Waals surface area contributed by atoms with Gasteiger partial charge in [-0.1, -0.05) is 41.6 Å². The summed E-state index contributed by atoms with van der Waals surface area (Å²) in [6, 6.07) is 15.2. The second kappa shape index (κ2) is 6.54. The van der Waals surface area contributed by atoms with Gasteiger partial charge in [-0.05, 0) is 37.6 Å². The van der Waals surface area contributed by atoms with E-state index < -0.39 is 0 Å². The molecule has 0 unspecified atom stereocenters. The lowest BCUT2D eigenvalue weighted by atomic mass is 10.2. The summed E-state index contributed by atoms with van der Waals surface area (Å²) in [4.78, 5) is 5.07. The van der Waals surface area contributed by atoms with Gasteiger partial charge >= 0.3 is 0 Å². The number of hydrogen-bond acceptors (Lipinski definition) is 3. The summed E-state index contributed by atoms with van der Waals surface area (Å²) in [6.07, 6.45) is 0. The summed E-state index contributed by atoms with van der Waals surface area (Å²) >= 11 is 1.85. The van der Waals surface area contributed by atoms with Gasteiger partial charge in [-0.3, -0.25) is 4.90 Å². The highest BCUT2D eigenvalue weighted by atomic mass is 32.2. The molecule has 0 aliphatic carbocycles. The zero-order valence-corrected chi connectivity index (χ0v) is 13.5. The number of para-hydroxylation sites is 1. The molecular weight excluding hydrogens is 276 g/mol. The van der Waals surface area contributed by atoms with Gasteiger partial charge < -0.3 is 5.32 Å². The van der Waals surface area contributed by atoms with Crippen LogP contribution in [0.25, 0.3) is 0 Å². The van der Waals surface area contributed by atoms with Crippen LogP contribution in [0.5, 0.6) is 0 Å². The van der Waals surface area contributed by atoms with E-state index in [0.29, 0.717) is 0 Å². The number of nitrogens with one attached hydrogen (secondary N) is 1. The second-order valence-corrected chi connectivity index (χ2v) is 6.72. The molecule has 1 aliphatic heterocycles. The number of anilines is 1. The summed E-state index contributed by atoms with van der Waals surface area (Å²) in [5.41, 5.74) is 3.91. The molecule has 1 heterocycles. The van der Waals surface area contributed by atoms with Crippen molar-refractivity contribution in [1.29, 1.82) is 0 Å². The van der Waals surface area contributed by atoms with E-state index in [9.17, 15) is 0 Å². The van der Waals surface area contributed by atoms with Gasteiger partial charge in [0.1, 0.15) is 0 Å². The highest BCUT2D eigenvalue weighted by Gasteiger charge is 2.15. The number of rotatable bonds is 6. The summed E-state index contributed by atoms with van der Waals surface area (Å²) in [6.45, 7) is 9.02. The fourth-order valence-corrected chi connectivity index (χ4v) is 3.37. The molecule has 2 aromatic rings. The van der Waals surface area contributed by atoms with Crippen molar-refractivity contribution in [1.82, 2.24) is 4.90 Å². The minimum Gasteiger partial charge on any atom is -0.383 e. The normalized spacial score (nSPS) is 14.2. The number of nitrogens with zero attached hydrogens (tertiary/aromatic N) is 1. The van der Waals surface area contributed by atoms with Crippen molar-refractivity contribution >= 4 is 17.4 Å². The molecule has 110 valence electrons. The minimum atomic E-state index is 1.02. The molecule has 0 aromatic heterocycles. The van der Waals surface area contributed by atoms with Crippen LogP contribution in [0.15, 0.2) is 52.3 Å². The Morgan fingerprint density at radius 2 is 1.86 bits per heavy atom. The van der Waals surface area contributed by atoms with Crippen LogP contribution in [0.3, 0.4) is 0 Å². The summed E-state index contributed by atoms with van der Waals surface area (Å²) in [5.74, 6) is 0. The average Bonchev–Trinajstić information content (AvgIpc) is 3.28. The van der Waals surface area contributed by atoms with Crippen molar-refractivity contribution < 1.29 is 0 Å².